The van der Waals surface area contributed by atoms with Crippen molar-refractivity contribution in [2.75, 3.05) is 13.2 Å². The van der Waals surface area contributed by atoms with Gasteiger partial charge in [0, 0.05) is 23.9 Å². The molecule has 2 aromatic carbocycles. The number of unbranched alkanes of at least 4 members (excludes halogenated alkanes) is 1. The Balaban J connectivity index is 1.69. The van der Waals surface area contributed by atoms with Crippen LogP contribution in [0.1, 0.15) is 50.7 Å². The van der Waals surface area contributed by atoms with Crippen LogP contribution >= 0.6 is 24.0 Å². The third-order valence-corrected chi connectivity index (χ3v) is 8.09. The van der Waals surface area contributed by atoms with Gasteiger partial charge in [-0.2, -0.15) is 5.10 Å². The Morgan fingerprint density at radius 1 is 1.18 bits per heavy atom. The number of nitrogens with zero attached hydrogens (tertiary/aromatic N) is 3. The Kier molecular flexibility index (Phi) is 9.58. The van der Waals surface area contributed by atoms with E-state index in [0.717, 1.165) is 53.1 Å². The van der Waals surface area contributed by atoms with Crippen molar-refractivity contribution in [3.63, 3.8) is 0 Å². The van der Waals surface area contributed by atoms with E-state index in [-0.39, 0.29) is 5.91 Å². The highest BCUT2D eigenvalue weighted by molar-refractivity contribution is 8.26. The summed E-state index contributed by atoms with van der Waals surface area (Å²) in [5.74, 6) is 1.25. The summed E-state index contributed by atoms with van der Waals surface area (Å²) in [7, 11) is 0. The van der Waals surface area contributed by atoms with Crippen LogP contribution in [0, 0.1) is 12.8 Å². The minimum absolute atomic E-state index is 0.0160. The number of hydrogen-bond acceptors (Lipinski definition) is 5. The van der Waals surface area contributed by atoms with E-state index in [1.807, 2.05) is 66.3 Å². The fourth-order valence-electron chi connectivity index (χ4n) is 4.51. The lowest BCUT2D eigenvalue weighted by atomic mass is 9.99. The Labute approximate surface area is 235 Å². The highest BCUT2D eigenvalue weighted by atomic mass is 32.2. The molecule has 4 rings (SSSR count). The summed E-state index contributed by atoms with van der Waals surface area (Å²) in [6, 6.07) is 16.0. The molecule has 0 saturated carbocycles. The van der Waals surface area contributed by atoms with Crippen LogP contribution in [0.4, 0.5) is 0 Å². The van der Waals surface area contributed by atoms with Gasteiger partial charge in [0.1, 0.15) is 22.4 Å². The molecule has 2 heterocycles. The van der Waals surface area contributed by atoms with E-state index in [0.29, 0.717) is 28.3 Å². The molecule has 0 spiro atoms. The number of para-hydroxylation sites is 1. The zero-order valence-corrected chi connectivity index (χ0v) is 24.0. The molecular formula is C31H35N3O2S2. The van der Waals surface area contributed by atoms with E-state index in [4.69, 9.17) is 22.1 Å². The topological polar surface area (TPSA) is 47.4 Å². The molecule has 198 valence electrons. The van der Waals surface area contributed by atoms with Crippen LogP contribution in [0.25, 0.3) is 23.0 Å². The van der Waals surface area contributed by atoms with Crippen LogP contribution < -0.4 is 4.74 Å². The molecule has 1 aliphatic heterocycles. The molecule has 0 bridgehead atoms. The first-order valence-electron chi connectivity index (χ1n) is 13.2. The second kappa shape index (κ2) is 13.1. The number of thioether (sulfide) groups is 1. The van der Waals surface area contributed by atoms with E-state index in [2.05, 4.69) is 26.5 Å². The number of aromatic nitrogens is 2. The van der Waals surface area contributed by atoms with Crippen LogP contribution in [-0.4, -0.2) is 38.1 Å². The molecule has 3 aromatic rings. The first-order valence-corrected chi connectivity index (χ1v) is 14.4. The molecule has 1 fully saturated rings. The van der Waals surface area contributed by atoms with Crippen molar-refractivity contribution < 1.29 is 9.53 Å². The smallest absolute Gasteiger partial charge is 0.266 e. The lowest BCUT2D eigenvalue weighted by Gasteiger charge is -2.21. The van der Waals surface area contributed by atoms with Gasteiger partial charge < -0.3 is 4.74 Å². The van der Waals surface area contributed by atoms with E-state index in [1.54, 1.807) is 11.0 Å². The first-order chi connectivity index (χ1) is 18.4. The monoisotopic (exact) mass is 545 g/mol. The van der Waals surface area contributed by atoms with Gasteiger partial charge in [-0.05, 0) is 61.2 Å². The molecule has 1 aromatic heterocycles. The van der Waals surface area contributed by atoms with Gasteiger partial charge in [-0.25, -0.2) is 4.68 Å². The van der Waals surface area contributed by atoms with Crippen LogP contribution in [0.5, 0.6) is 5.75 Å². The first kappa shape index (κ1) is 27.9. The number of ether oxygens (including phenoxy) is 1. The molecular weight excluding hydrogens is 510 g/mol. The number of aryl methyl sites for hydroxylation is 1. The molecule has 38 heavy (non-hydrogen) atoms. The molecule has 5 nitrogen and oxygen atoms in total. The Bertz CT molecular complexity index is 1330. The fraction of sp³-hybridized carbons (Fsp3) is 0.323. The lowest BCUT2D eigenvalue weighted by Crippen LogP contribution is -2.33. The second-order valence-electron chi connectivity index (χ2n) is 9.50. The van der Waals surface area contributed by atoms with Crippen molar-refractivity contribution in [3.05, 3.63) is 83.4 Å². The number of carbonyl (C=O) groups is 1. The summed E-state index contributed by atoms with van der Waals surface area (Å²) >= 11 is 7.03. The maximum atomic E-state index is 13.5. The predicted octanol–water partition coefficient (Wildman–Crippen LogP) is 7.83. The zero-order valence-electron chi connectivity index (χ0n) is 22.4. The van der Waals surface area contributed by atoms with Gasteiger partial charge in [0.05, 0.1) is 10.6 Å². The Morgan fingerprint density at radius 3 is 2.66 bits per heavy atom. The molecule has 0 aliphatic carbocycles. The second-order valence-corrected chi connectivity index (χ2v) is 11.2. The minimum Gasteiger partial charge on any atom is -0.489 e. The Morgan fingerprint density at radius 2 is 1.97 bits per heavy atom. The number of amides is 1. The minimum atomic E-state index is -0.0160. The van der Waals surface area contributed by atoms with Gasteiger partial charge >= 0.3 is 0 Å². The summed E-state index contributed by atoms with van der Waals surface area (Å²) in [6.07, 6.45) is 10.1. The van der Waals surface area contributed by atoms with Gasteiger partial charge in [0.2, 0.25) is 0 Å². The van der Waals surface area contributed by atoms with Gasteiger partial charge in [-0.3, -0.25) is 9.69 Å². The van der Waals surface area contributed by atoms with E-state index >= 15 is 0 Å². The van der Waals surface area contributed by atoms with Gasteiger partial charge in [0.25, 0.3) is 5.91 Å². The van der Waals surface area contributed by atoms with Gasteiger partial charge in [0.15, 0.2) is 0 Å². The maximum absolute atomic E-state index is 13.5. The van der Waals surface area contributed by atoms with Crippen molar-refractivity contribution in [3.8, 4) is 22.7 Å². The lowest BCUT2D eigenvalue weighted by molar-refractivity contribution is -0.122. The largest absolute Gasteiger partial charge is 0.489 e. The van der Waals surface area contributed by atoms with Crippen LogP contribution in [0.15, 0.2) is 72.3 Å². The van der Waals surface area contributed by atoms with E-state index < -0.39 is 0 Å². The Hall–Kier alpha value is -3.16. The van der Waals surface area contributed by atoms with Crippen molar-refractivity contribution >= 4 is 40.3 Å². The van der Waals surface area contributed by atoms with Crippen molar-refractivity contribution in [2.45, 2.75) is 46.5 Å². The molecule has 1 atom stereocenters. The van der Waals surface area contributed by atoms with Crippen LogP contribution in [0.3, 0.4) is 0 Å². The summed E-state index contributed by atoms with van der Waals surface area (Å²) in [4.78, 5) is 15.9. The number of hydrogen-bond donors (Lipinski definition) is 0. The standard InChI is InChI=1S/C31H35N3O2S2/c1-5-8-12-23(7-3)20-33-30(35)28(38-31(33)37)19-25-21-34(26-13-10-9-11-14-26)32-29(25)24-15-16-27(22(4)18-24)36-17-6-2/h6,9-11,13-16,18-19,21,23H,2,5,7-8,12,17,20H2,1,3-4H3/b28-19+. The normalized spacial score (nSPS) is 15.3. The third-order valence-electron chi connectivity index (χ3n) is 6.71. The maximum Gasteiger partial charge on any atom is 0.266 e. The summed E-state index contributed by atoms with van der Waals surface area (Å²) < 4.78 is 8.26. The molecule has 1 aliphatic rings. The number of rotatable bonds is 12. The molecule has 1 saturated heterocycles. The predicted molar refractivity (Wildman–Crippen MR) is 163 cm³/mol. The molecule has 1 unspecified atom stereocenters. The summed E-state index contributed by atoms with van der Waals surface area (Å²) in [5.41, 5.74) is 4.58. The number of carbonyl (C=O) groups excluding carboxylic acids is 1. The SMILES string of the molecule is C=CCOc1ccc(-c2nn(-c3ccccc3)cc2/C=C2/SC(=S)N(CC(CC)CCCC)C2=O)cc1C. The third kappa shape index (κ3) is 6.45. The molecule has 7 heteroatoms. The molecule has 0 N–H and O–H groups in total. The van der Waals surface area contributed by atoms with Crippen LogP contribution in [0.2, 0.25) is 0 Å². The highest BCUT2D eigenvalue weighted by Crippen LogP contribution is 2.36. The van der Waals surface area contributed by atoms with E-state index in [9.17, 15) is 4.79 Å². The highest BCUT2D eigenvalue weighted by Gasteiger charge is 2.33. The van der Waals surface area contributed by atoms with Gasteiger partial charge in [-0.15, -0.1) is 0 Å². The van der Waals surface area contributed by atoms with Crippen molar-refractivity contribution in [2.24, 2.45) is 5.92 Å². The average molecular weight is 546 g/mol. The molecule has 0 radical (unpaired) electrons. The van der Waals surface area contributed by atoms with E-state index in [1.165, 1.54) is 18.2 Å². The summed E-state index contributed by atoms with van der Waals surface area (Å²) in [5, 5.41) is 4.93. The van der Waals surface area contributed by atoms with Crippen molar-refractivity contribution in [1.29, 1.82) is 0 Å². The van der Waals surface area contributed by atoms with Crippen molar-refractivity contribution in [1.82, 2.24) is 14.7 Å². The van der Waals surface area contributed by atoms with Crippen LogP contribution in [-0.2, 0) is 4.79 Å². The molecule has 1 amide bonds. The number of benzene rings is 2. The average Bonchev–Trinajstić information content (AvgIpc) is 3.46. The summed E-state index contributed by atoms with van der Waals surface area (Å²) in [6.45, 7) is 11.3. The quantitative estimate of drug-likeness (QED) is 0.132. The fourth-order valence-corrected chi connectivity index (χ4v) is 5.78. The number of thiocarbonyl (C=S) groups is 1. The zero-order chi connectivity index (χ0) is 27.1. The van der Waals surface area contributed by atoms with Gasteiger partial charge in [-0.1, -0.05) is 87.9 Å².